The van der Waals surface area contributed by atoms with Crippen LogP contribution in [0.5, 0.6) is 5.75 Å². The lowest BCUT2D eigenvalue weighted by atomic mass is 9.93. The summed E-state index contributed by atoms with van der Waals surface area (Å²) in [5, 5.41) is 0. The largest absolute Gasteiger partial charge is 0.490 e. The van der Waals surface area contributed by atoms with Gasteiger partial charge in [0.05, 0.1) is 0 Å². The van der Waals surface area contributed by atoms with Crippen molar-refractivity contribution in [2.45, 2.75) is 25.1 Å². The number of halogens is 1. The third kappa shape index (κ3) is 2.99. The van der Waals surface area contributed by atoms with Crippen LogP contribution >= 0.6 is 0 Å². The maximum absolute atomic E-state index is 12.9. The molecule has 0 amide bonds. The summed E-state index contributed by atoms with van der Waals surface area (Å²) in [4.78, 5) is 14.5. The van der Waals surface area contributed by atoms with Crippen molar-refractivity contribution in [2.24, 2.45) is 0 Å². The van der Waals surface area contributed by atoms with Gasteiger partial charge in [-0.05, 0) is 41.8 Å². The Morgan fingerprint density at radius 1 is 1.12 bits per heavy atom. The Morgan fingerprint density at radius 3 is 2.67 bits per heavy atom. The highest BCUT2D eigenvalue weighted by Gasteiger charge is 2.39. The van der Waals surface area contributed by atoms with Gasteiger partial charge in [-0.25, -0.2) is 4.39 Å². The molecular weight excluding hydrogens is 309 g/mol. The summed E-state index contributed by atoms with van der Waals surface area (Å²) in [6, 6.07) is 13.8. The Kier molecular flexibility index (Phi) is 3.94. The number of esters is 1. The van der Waals surface area contributed by atoms with Crippen LogP contribution < -0.4 is 4.74 Å². The minimum atomic E-state index is -0.316. The van der Waals surface area contributed by atoms with E-state index in [1.165, 1.54) is 23.3 Å². The molecule has 2 aromatic rings. The molecule has 0 N–H and O–H groups in total. The van der Waals surface area contributed by atoms with Gasteiger partial charge in [-0.15, -0.1) is 0 Å². The highest BCUT2D eigenvalue weighted by molar-refractivity contribution is 5.77. The first kappa shape index (κ1) is 15.1. The van der Waals surface area contributed by atoms with Crippen molar-refractivity contribution in [3.05, 3.63) is 65.5 Å². The summed E-state index contributed by atoms with van der Waals surface area (Å²) in [6.45, 7) is 1.66. The van der Waals surface area contributed by atoms with Crippen LogP contribution in [0.2, 0.25) is 0 Å². The van der Waals surface area contributed by atoms with Crippen LogP contribution in [0, 0.1) is 5.82 Å². The number of nitrogens with zero attached hydrogens (tertiary/aromatic N) is 1. The third-order valence-corrected chi connectivity index (χ3v) is 4.59. The minimum Gasteiger partial charge on any atom is -0.490 e. The Morgan fingerprint density at radius 2 is 1.88 bits per heavy atom. The van der Waals surface area contributed by atoms with Crippen molar-refractivity contribution in [3.8, 4) is 5.75 Å². The van der Waals surface area contributed by atoms with Gasteiger partial charge in [0.25, 0.3) is 0 Å². The fraction of sp³-hybridized carbons (Fsp3) is 0.316. The van der Waals surface area contributed by atoms with E-state index in [2.05, 4.69) is 17.0 Å². The van der Waals surface area contributed by atoms with Gasteiger partial charge >= 0.3 is 5.97 Å². The molecule has 124 valence electrons. The molecule has 2 aliphatic rings. The van der Waals surface area contributed by atoms with E-state index in [1.807, 2.05) is 12.1 Å². The molecule has 24 heavy (non-hydrogen) atoms. The van der Waals surface area contributed by atoms with Crippen LogP contribution in [-0.2, 0) is 22.5 Å². The number of hydrogen-bond donors (Lipinski definition) is 0. The molecule has 1 unspecified atom stereocenters. The number of hydrogen-bond acceptors (Lipinski definition) is 4. The topological polar surface area (TPSA) is 38.8 Å². The standard InChI is InChI=1S/C19H18FNO3/c20-15-5-7-16(8-6-15)23-12-17-11-21-10-14-4-2-1-3-13(14)9-18(21)19(22)24-17/h1-8,17-18H,9-12H2/t17?,18-/m0/s1. The van der Waals surface area contributed by atoms with Crippen molar-refractivity contribution in [2.75, 3.05) is 13.2 Å². The van der Waals surface area contributed by atoms with Gasteiger partial charge < -0.3 is 9.47 Å². The van der Waals surface area contributed by atoms with Gasteiger partial charge in [-0.3, -0.25) is 9.69 Å². The van der Waals surface area contributed by atoms with Gasteiger partial charge in [0.2, 0.25) is 0 Å². The summed E-state index contributed by atoms with van der Waals surface area (Å²) >= 11 is 0. The molecule has 1 fully saturated rings. The maximum atomic E-state index is 12.9. The van der Waals surface area contributed by atoms with Crippen LogP contribution in [0.3, 0.4) is 0 Å². The number of ether oxygens (including phenoxy) is 2. The number of rotatable bonds is 3. The number of carbonyl (C=O) groups is 1. The van der Waals surface area contributed by atoms with E-state index in [-0.39, 0.29) is 30.5 Å². The zero-order valence-corrected chi connectivity index (χ0v) is 13.2. The van der Waals surface area contributed by atoms with E-state index in [0.717, 1.165) is 6.54 Å². The van der Waals surface area contributed by atoms with Crippen LogP contribution in [0.4, 0.5) is 4.39 Å². The summed E-state index contributed by atoms with van der Waals surface area (Å²) in [5.41, 5.74) is 2.48. The van der Waals surface area contributed by atoms with Crippen LogP contribution in [0.1, 0.15) is 11.1 Å². The molecule has 2 atom stereocenters. The van der Waals surface area contributed by atoms with Gasteiger partial charge in [0.15, 0.2) is 0 Å². The Labute approximate surface area is 139 Å². The molecule has 0 saturated carbocycles. The summed E-state index contributed by atoms with van der Waals surface area (Å²) in [6.07, 6.45) is 0.379. The first-order valence-corrected chi connectivity index (χ1v) is 8.09. The van der Waals surface area contributed by atoms with Crippen LogP contribution in [0.15, 0.2) is 48.5 Å². The molecule has 4 nitrogen and oxygen atoms in total. The molecule has 0 aromatic heterocycles. The molecule has 0 bridgehead atoms. The lowest BCUT2D eigenvalue weighted by Crippen LogP contribution is -2.56. The van der Waals surface area contributed by atoms with Gasteiger partial charge in [-0.1, -0.05) is 24.3 Å². The molecule has 1 saturated heterocycles. The second-order valence-corrected chi connectivity index (χ2v) is 6.24. The van der Waals surface area contributed by atoms with Crippen molar-refractivity contribution < 1.29 is 18.7 Å². The second-order valence-electron chi connectivity index (χ2n) is 6.24. The van der Waals surface area contributed by atoms with Crippen LogP contribution in [0.25, 0.3) is 0 Å². The summed E-state index contributed by atoms with van der Waals surface area (Å²) in [5.74, 6) is 0.0725. The smallest absolute Gasteiger partial charge is 0.324 e. The van der Waals surface area contributed by atoms with Crippen molar-refractivity contribution in [3.63, 3.8) is 0 Å². The molecule has 2 aliphatic heterocycles. The number of benzene rings is 2. The number of morpholine rings is 1. The second kappa shape index (κ2) is 6.24. The molecule has 0 radical (unpaired) electrons. The average molecular weight is 327 g/mol. The molecule has 4 rings (SSSR count). The zero-order valence-electron chi connectivity index (χ0n) is 13.2. The predicted octanol–water partition coefficient (Wildman–Crippen LogP) is 2.56. The van der Waals surface area contributed by atoms with Crippen molar-refractivity contribution >= 4 is 5.97 Å². The fourth-order valence-electron chi connectivity index (χ4n) is 3.35. The highest BCUT2D eigenvalue weighted by Crippen LogP contribution is 2.27. The van der Waals surface area contributed by atoms with Crippen molar-refractivity contribution in [1.29, 1.82) is 0 Å². The lowest BCUT2D eigenvalue weighted by Gasteiger charge is -2.41. The lowest BCUT2D eigenvalue weighted by molar-refractivity contribution is -0.169. The first-order valence-electron chi connectivity index (χ1n) is 8.09. The Bertz CT molecular complexity index is 747. The predicted molar refractivity (Wildman–Crippen MR) is 86.1 cm³/mol. The van der Waals surface area contributed by atoms with E-state index in [9.17, 15) is 9.18 Å². The fourth-order valence-corrected chi connectivity index (χ4v) is 3.35. The molecule has 5 heteroatoms. The van der Waals surface area contributed by atoms with Gasteiger partial charge in [-0.2, -0.15) is 0 Å². The molecule has 0 aliphatic carbocycles. The van der Waals surface area contributed by atoms with Gasteiger partial charge in [0.1, 0.15) is 30.3 Å². The molecule has 2 aromatic carbocycles. The number of fused-ring (bicyclic) bond motifs is 2. The molecule has 0 spiro atoms. The minimum absolute atomic E-state index is 0.191. The Hall–Kier alpha value is -2.40. The summed E-state index contributed by atoms with van der Waals surface area (Å²) < 4.78 is 24.1. The molecular formula is C19H18FNO3. The zero-order chi connectivity index (χ0) is 16.5. The quantitative estimate of drug-likeness (QED) is 0.812. The molecule has 2 heterocycles. The first-order chi connectivity index (χ1) is 11.7. The van der Waals surface area contributed by atoms with E-state index < -0.39 is 0 Å². The van der Waals surface area contributed by atoms with E-state index >= 15 is 0 Å². The van der Waals surface area contributed by atoms with E-state index in [1.54, 1.807) is 12.1 Å². The van der Waals surface area contributed by atoms with Crippen molar-refractivity contribution in [1.82, 2.24) is 4.90 Å². The van der Waals surface area contributed by atoms with Gasteiger partial charge in [0, 0.05) is 13.1 Å². The van der Waals surface area contributed by atoms with Crippen LogP contribution in [-0.4, -0.2) is 36.2 Å². The van der Waals surface area contributed by atoms with E-state index in [4.69, 9.17) is 9.47 Å². The highest BCUT2D eigenvalue weighted by atomic mass is 19.1. The normalized spacial score (nSPS) is 23.1. The summed E-state index contributed by atoms with van der Waals surface area (Å²) in [7, 11) is 0. The average Bonchev–Trinajstić information content (AvgIpc) is 2.60. The Balaban J connectivity index is 1.42. The van der Waals surface area contributed by atoms with E-state index in [0.29, 0.717) is 18.7 Å². The monoisotopic (exact) mass is 327 g/mol. The SMILES string of the molecule is O=C1OC(COc2ccc(F)cc2)CN2Cc3ccccc3C[C@@H]12. The number of carbonyl (C=O) groups excluding carboxylic acids is 1. The maximum Gasteiger partial charge on any atom is 0.324 e. The third-order valence-electron chi connectivity index (χ3n) is 4.59. The number of cyclic esters (lactones) is 1.